The highest BCUT2D eigenvalue weighted by molar-refractivity contribution is 5.53. The summed E-state index contributed by atoms with van der Waals surface area (Å²) in [4.78, 5) is 2.12. The molecule has 0 amide bonds. The van der Waals surface area contributed by atoms with Crippen molar-refractivity contribution in [1.82, 2.24) is 5.32 Å². The Labute approximate surface area is 127 Å². The standard InChI is InChI=1S/C17H27FN2O/c1-13(2)19-11-15-16(18)8-6-9-17(15)20(3)12-14-7-4-5-10-21-14/h6,8-9,13-14,19H,4-5,7,10-12H2,1-3H3. The summed E-state index contributed by atoms with van der Waals surface area (Å²) in [5.41, 5.74) is 1.70. The number of hydrogen-bond donors (Lipinski definition) is 1. The Kier molecular flexibility index (Phi) is 6.00. The molecule has 0 aromatic heterocycles. The minimum atomic E-state index is -0.142. The number of nitrogens with one attached hydrogen (secondary N) is 1. The van der Waals surface area contributed by atoms with Crippen LogP contribution >= 0.6 is 0 Å². The summed E-state index contributed by atoms with van der Waals surface area (Å²) in [6, 6.07) is 5.64. The van der Waals surface area contributed by atoms with Crippen LogP contribution in [0.4, 0.5) is 10.1 Å². The molecular weight excluding hydrogens is 267 g/mol. The Hall–Kier alpha value is -1.13. The summed E-state index contributed by atoms with van der Waals surface area (Å²) in [6.45, 7) is 6.36. The Morgan fingerprint density at radius 3 is 2.86 bits per heavy atom. The lowest BCUT2D eigenvalue weighted by molar-refractivity contribution is 0.0216. The predicted molar refractivity (Wildman–Crippen MR) is 85.2 cm³/mol. The Balaban J connectivity index is 2.07. The zero-order chi connectivity index (χ0) is 15.2. The third-order valence-electron chi connectivity index (χ3n) is 3.94. The third-order valence-corrected chi connectivity index (χ3v) is 3.94. The highest BCUT2D eigenvalue weighted by Gasteiger charge is 2.18. The van der Waals surface area contributed by atoms with Gasteiger partial charge in [0.25, 0.3) is 0 Å². The molecular formula is C17H27FN2O. The van der Waals surface area contributed by atoms with Crippen LogP contribution in [0.25, 0.3) is 0 Å². The van der Waals surface area contributed by atoms with E-state index >= 15 is 0 Å². The first-order valence-corrected chi connectivity index (χ1v) is 7.91. The number of anilines is 1. The average molecular weight is 294 g/mol. The molecule has 1 fully saturated rings. The second kappa shape index (κ2) is 7.76. The van der Waals surface area contributed by atoms with Crippen molar-refractivity contribution in [3.05, 3.63) is 29.6 Å². The fourth-order valence-electron chi connectivity index (χ4n) is 2.74. The number of ether oxygens (including phenoxy) is 1. The van der Waals surface area contributed by atoms with E-state index in [0.29, 0.717) is 12.6 Å². The quantitative estimate of drug-likeness (QED) is 0.871. The van der Waals surface area contributed by atoms with Gasteiger partial charge in [0.15, 0.2) is 0 Å². The molecule has 1 unspecified atom stereocenters. The number of halogens is 1. The van der Waals surface area contributed by atoms with Crippen molar-refractivity contribution in [3.8, 4) is 0 Å². The van der Waals surface area contributed by atoms with Gasteiger partial charge < -0.3 is 15.0 Å². The summed E-state index contributed by atoms with van der Waals surface area (Å²) < 4.78 is 19.9. The van der Waals surface area contributed by atoms with E-state index in [2.05, 4.69) is 24.1 Å². The molecule has 1 saturated heterocycles. The van der Waals surface area contributed by atoms with E-state index in [9.17, 15) is 4.39 Å². The van der Waals surface area contributed by atoms with Crippen LogP contribution in [-0.2, 0) is 11.3 Å². The monoisotopic (exact) mass is 294 g/mol. The van der Waals surface area contributed by atoms with Gasteiger partial charge in [-0.25, -0.2) is 4.39 Å². The van der Waals surface area contributed by atoms with Crippen LogP contribution in [0.1, 0.15) is 38.7 Å². The molecule has 118 valence electrons. The lowest BCUT2D eigenvalue weighted by Crippen LogP contribution is -2.34. The van der Waals surface area contributed by atoms with Crippen LogP contribution in [-0.4, -0.2) is 32.3 Å². The summed E-state index contributed by atoms with van der Waals surface area (Å²) in [6.07, 6.45) is 3.74. The van der Waals surface area contributed by atoms with E-state index in [1.165, 1.54) is 12.5 Å². The number of nitrogens with zero attached hydrogens (tertiary/aromatic N) is 1. The van der Waals surface area contributed by atoms with Gasteiger partial charge in [-0.1, -0.05) is 19.9 Å². The van der Waals surface area contributed by atoms with Crippen LogP contribution in [0, 0.1) is 5.82 Å². The smallest absolute Gasteiger partial charge is 0.129 e. The molecule has 2 rings (SSSR count). The van der Waals surface area contributed by atoms with E-state index in [1.54, 1.807) is 6.07 Å². The molecule has 1 aromatic carbocycles. The molecule has 0 radical (unpaired) electrons. The van der Waals surface area contributed by atoms with Gasteiger partial charge in [-0.2, -0.15) is 0 Å². The van der Waals surface area contributed by atoms with Gasteiger partial charge in [0.2, 0.25) is 0 Å². The molecule has 1 N–H and O–H groups in total. The Bertz CT molecular complexity index is 444. The topological polar surface area (TPSA) is 24.5 Å². The minimum Gasteiger partial charge on any atom is -0.376 e. The molecule has 3 nitrogen and oxygen atoms in total. The van der Waals surface area contributed by atoms with Crippen LogP contribution in [0.3, 0.4) is 0 Å². The van der Waals surface area contributed by atoms with Crippen LogP contribution in [0.2, 0.25) is 0 Å². The fraction of sp³-hybridized carbons (Fsp3) is 0.647. The van der Waals surface area contributed by atoms with Crippen LogP contribution < -0.4 is 10.2 Å². The van der Waals surface area contributed by atoms with E-state index in [1.807, 2.05) is 13.1 Å². The summed E-state index contributed by atoms with van der Waals surface area (Å²) in [5, 5.41) is 3.30. The number of likely N-dealkylation sites (N-methyl/N-ethyl adjacent to an activating group) is 1. The zero-order valence-corrected chi connectivity index (χ0v) is 13.4. The Morgan fingerprint density at radius 2 is 2.19 bits per heavy atom. The van der Waals surface area contributed by atoms with Gasteiger partial charge in [0.1, 0.15) is 5.82 Å². The molecule has 0 spiro atoms. The van der Waals surface area contributed by atoms with E-state index in [4.69, 9.17) is 4.74 Å². The third kappa shape index (κ3) is 4.68. The SMILES string of the molecule is CC(C)NCc1c(F)cccc1N(C)CC1CCCCO1. The van der Waals surface area contributed by atoms with Crippen molar-refractivity contribution in [2.24, 2.45) is 0 Å². The normalized spacial score (nSPS) is 19.0. The number of rotatable bonds is 6. The van der Waals surface area contributed by atoms with E-state index < -0.39 is 0 Å². The minimum absolute atomic E-state index is 0.142. The van der Waals surface area contributed by atoms with E-state index in [0.717, 1.165) is 37.2 Å². The second-order valence-corrected chi connectivity index (χ2v) is 6.14. The highest BCUT2D eigenvalue weighted by Crippen LogP contribution is 2.24. The lowest BCUT2D eigenvalue weighted by Gasteiger charge is -2.30. The van der Waals surface area contributed by atoms with Gasteiger partial charge in [-0.15, -0.1) is 0 Å². The first-order valence-electron chi connectivity index (χ1n) is 7.91. The van der Waals surface area contributed by atoms with Crippen LogP contribution in [0.15, 0.2) is 18.2 Å². The molecule has 1 aliphatic rings. The maximum atomic E-state index is 14.1. The van der Waals surface area contributed by atoms with Crippen molar-refractivity contribution in [1.29, 1.82) is 0 Å². The van der Waals surface area contributed by atoms with Gasteiger partial charge >= 0.3 is 0 Å². The van der Waals surface area contributed by atoms with E-state index in [-0.39, 0.29) is 11.9 Å². The van der Waals surface area contributed by atoms with Crippen molar-refractivity contribution in [2.45, 2.75) is 51.8 Å². The molecule has 4 heteroatoms. The average Bonchev–Trinajstić information content (AvgIpc) is 2.46. The molecule has 1 aromatic rings. The maximum absolute atomic E-state index is 14.1. The van der Waals surface area contributed by atoms with Crippen molar-refractivity contribution < 1.29 is 9.13 Å². The molecule has 21 heavy (non-hydrogen) atoms. The molecule has 1 aliphatic heterocycles. The second-order valence-electron chi connectivity index (χ2n) is 6.14. The fourth-order valence-corrected chi connectivity index (χ4v) is 2.74. The molecule has 0 bridgehead atoms. The van der Waals surface area contributed by atoms with Gasteiger partial charge in [0.05, 0.1) is 6.10 Å². The summed E-state index contributed by atoms with van der Waals surface area (Å²) in [5.74, 6) is -0.142. The highest BCUT2D eigenvalue weighted by atomic mass is 19.1. The van der Waals surface area contributed by atoms with Gasteiger partial charge in [-0.05, 0) is 31.4 Å². The van der Waals surface area contributed by atoms with Crippen LogP contribution in [0.5, 0.6) is 0 Å². The zero-order valence-electron chi connectivity index (χ0n) is 13.4. The van der Waals surface area contributed by atoms with Gasteiger partial charge in [0, 0.05) is 44.0 Å². The summed E-state index contributed by atoms with van der Waals surface area (Å²) in [7, 11) is 2.02. The largest absolute Gasteiger partial charge is 0.376 e. The molecule has 1 heterocycles. The van der Waals surface area contributed by atoms with Gasteiger partial charge in [-0.3, -0.25) is 0 Å². The van der Waals surface area contributed by atoms with Crippen molar-refractivity contribution in [2.75, 3.05) is 25.1 Å². The first kappa shape index (κ1) is 16.2. The van der Waals surface area contributed by atoms with Crippen molar-refractivity contribution in [3.63, 3.8) is 0 Å². The number of hydrogen-bond acceptors (Lipinski definition) is 3. The molecule has 0 saturated carbocycles. The number of benzene rings is 1. The summed E-state index contributed by atoms with van der Waals surface area (Å²) >= 11 is 0. The van der Waals surface area contributed by atoms with Crippen molar-refractivity contribution >= 4 is 5.69 Å². The maximum Gasteiger partial charge on any atom is 0.129 e. The predicted octanol–water partition coefficient (Wildman–Crippen LogP) is 3.33. The Morgan fingerprint density at radius 1 is 1.38 bits per heavy atom. The molecule has 1 atom stereocenters. The lowest BCUT2D eigenvalue weighted by atomic mass is 10.1. The first-order chi connectivity index (χ1) is 10.1. The molecule has 0 aliphatic carbocycles.